The molecule has 0 N–H and O–H groups in total. The number of anilines is 2. The number of imide groups is 4. The third-order valence-corrected chi connectivity index (χ3v) is 18.0. The molecular weight excluding hydrogens is 1020 g/mol. The number of rotatable bonds is 22. The summed E-state index contributed by atoms with van der Waals surface area (Å²) in [5.74, 6) is -7.95. The summed E-state index contributed by atoms with van der Waals surface area (Å²) in [6.45, 7) is 7.52. The number of ketones is 1. The van der Waals surface area contributed by atoms with Crippen LogP contribution < -0.4 is 14.5 Å². The minimum atomic E-state index is -0.828. The molecule has 8 unspecified atom stereocenters. The minimum Gasteiger partial charge on any atom is -0.457 e. The van der Waals surface area contributed by atoms with Crippen LogP contribution in [0.3, 0.4) is 0 Å². The van der Waals surface area contributed by atoms with Gasteiger partial charge < -0.3 is 4.74 Å². The van der Waals surface area contributed by atoms with Gasteiger partial charge in [0.1, 0.15) is 11.5 Å². The first-order valence-corrected chi connectivity index (χ1v) is 29.4. The molecule has 4 aromatic rings. The van der Waals surface area contributed by atoms with Crippen LogP contribution in [0.2, 0.25) is 0 Å². The normalized spacial score (nSPS) is 24.6. The highest BCUT2D eigenvalue weighted by Gasteiger charge is 2.56. The summed E-state index contributed by atoms with van der Waals surface area (Å²) in [5, 5.41) is 0. The number of carbonyl (C=O) groups excluding carboxylic acids is 9. The quantitative estimate of drug-likeness (QED) is 0.0319. The summed E-state index contributed by atoms with van der Waals surface area (Å²) in [6.07, 6.45) is 18.6. The van der Waals surface area contributed by atoms with Crippen molar-refractivity contribution in [2.75, 3.05) is 16.8 Å². The van der Waals surface area contributed by atoms with E-state index in [2.05, 4.69) is 6.92 Å². The van der Waals surface area contributed by atoms with Gasteiger partial charge in [-0.25, -0.2) is 9.80 Å². The largest absolute Gasteiger partial charge is 0.457 e. The van der Waals surface area contributed by atoms with E-state index in [1.807, 2.05) is 55.5 Å². The molecule has 0 saturated carbocycles. The molecule has 8 atom stereocenters. The average molecular weight is 1100 g/mol. The fraction of sp³-hybridized carbons (Fsp3) is 0.448. The van der Waals surface area contributed by atoms with Crippen molar-refractivity contribution in [3.05, 3.63) is 142 Å². The zero-order chi connectivity index (χ0) is 57.2. The number of fused-ring (bicyclic) bond motifs is 2. The molecule has 4 aliphatic heterocycles. The number of likely N-dealkylation sites (tertiary alicyclic amines) is 2. The fourth-order valence-corrected chi connectivity index (χ4v) is 13.6. The Kier molecular flexibility index (Phi) is 16.9. The molecule has 0 aromatic heterocycles. The van der Waals surface area contributed by atoms with Crippen LogP contribution in [0.15, 0.2) is 114 Å². The number of hydrogen-bond acceptors (Lipinski definition) is 10. The lowest BCUT2D eigenvalue weighted by Gasteiger charge is -2.29. The smallest absolute Gasteiger partial charge is 0.241 e. The Morgan fingerprint density at radius 3 is 1.54 bits per heavy atom. The van der Waals surface area contributed by atoms with Gasteiger partial charge in [0.05, 0.1) is 53.4 Å². The van der Waals surface area contributed by atoms with Crippen molar-refractivity contribution in [2.45, 2.75) is 137 Å². The second-order valence-electron chi connectivity index (χ2n) is 23.7. The van der Waals surface area contributed by atoms with Gasteiger partial charge in [0.2, 0.25) is 47.3 Å². The molecule has 4 saturated heterocycles. The number of unbranched alkanes of at least 4 members (excludes halogenated alkanes) is 10. The number of aryl methyl sites for hydroxylation is 2. The number of benzene rings is 4. The van der Waals surface area contributed by atoms with E-state index in [4.69, 9.17) is 4.74 Å². The van der Waals surface area contributed by atoms with Gasteiger partial charge in [-0.1, -0.05) is 136 Å². The van der Waals surface area contributed by atoms with Gasteiger partial charge >= 0.3 is 0 Å². The second kappa shape index (κ2) is 24.2. The van der Waals surface area contributed by atoms with E-state index < -0.39 is 71.0 Å². The molecule has 4 heterocycles. The average Bonchev–Trinajstić information content (AvgIpc) is 4.26. The summed E-state index contributed by atoms with van der Waals surface area (Å²) in [7, 11) is 1.45. The van der Waals surface area contributed by atoms with Crippen LogP contribution in [-0.4, -0.2) is 69.9 Å². The lowest BCUT2D eigenvalue weighted by Crippen LogP contribution is -2.35. The van der Waals surface area contributed by atoms with Gasteiger partial charge in [-0.15, -0.1) is 0 Å². The van der Waals surface area contributed by atoms with Crippen LogP contribution in [0.1, 0.15) is 150 Å². The summed E-state index contributed by atoms with van der Waals surface area (Å²) in [5.41, 5.74) is 4.92. The summed E-state index contributed by atoms with van der Waals surface area (Å²) >= 11 is 0. The molecule has 0 bridgehead atoms. The molecule has 4 fully saturated rings. The van der Waals surface area contributed by atoms with Gasteiger partial charge in [0.25, 0.3) is 0 Å². The molecule has 14 nitrogen and oxygen atoms in total. The fourth-order valence-electron chi connectivity index (χ4n) is 13.6. The summed E-state index contributed by atoms with van der Waals surface area (Å²) in [4.78, 5) is 131. The molecule has 0 radical (unpaired) electrons. The molecule has 4 aromatic carbocycles. The van der Waals surface area contributed by atoms with Crippen molar-refractivity contribution in [2.24, 2.45) is 47.3 Å². The standard InChI is InChI=1S/C67H74N4O10/c1-6-7-8-9-10-11-12-13-14-15-16-17-43-20-22-45(23-21-43)61(74)48-32-44(33-50(34-48)71-65(78)56-35-46(30-41(3)60(56)67(71)80)53-37-57(72)68(5)62(53)75)39-69-58(73)38-54(63(69)76)47-31-42(4)59-55(36-47)64(77)70(66(59)79)49-24-28-52(29-25-49)81-51-26-18-40(2)19-27-51/h18-34,46-47,53-56,59-60H,6-17,35-39H2,1-5H3. The number of amides is 8. The second-order valence-corrected chi connectivity index (χ2v) is 23.7. The number of hydrogen-bond donors (Lipinski definition) is 0. The maximum absolute atomic E-state index is 14.6. The van der Waals surface area contributed by atoms with Gasteiger partial charge in [-0.3, -0.25) is 53.0 Å². The summed E-state index contributed by atoms with van der Waals surface area (Å²) in [6, 6.07) is 26.5. The molecule has 0 spiro atoms. The Balaban J connectivity index is 0.852. The van der Waals surface area contributed by atoms with Crippen molar-refractivity contribution in [1.29, 1.82) is 0 Å². The number of nitrogens with zero attached hydrogens (tertiary/aromatic N) is 4. The highest BCUT2D eigenvalue weighted by Crippen LogP contribution is 2.48. The lowest BCUT2D eigenvalue weighted by molar-refractivity contribution is -0.141. The van der Waals surface area contributed by atoms with Gasteiger partial charge in [-0.05, 0) is 124 Å². The van der Waals surface area contributed by atoms with Crippen molar-refractivity contribution >= 4 is 64.4 Å². The number of ether oxygens (including phenoxy) is 1. The topological polar surface area (TPSA) is 176 Å². The third kappa shape index (κ3) is 11.7. The molecule has 14 heteroatoms. The van der Waals surface area contributed by atoms with Crippen molar-refractivity contribution < 1.29 is 47.9 Å². The van der Waals surface area contributed by atoms with E-state index in [1.165, 1.54) is 75.8 Å². The Labute approximate surface area is 474 Å². The monoisotopic (exact) mass is 1090 g/mol. The van der Waals surface area contributed by atoms with Crippen LogP contribution in [0, 0.1) is 54.3 Å². The molecule has 8 amide bonds. The zero-order valence-electron chi connectivity index (χ0n) is 47.3. The predicted octanol–water partition coefficient (Wildman–Crippen LogP) is 11.6. The van der Waals surface area contributed by atoms with E-state index >= 15 is 0 Å². The van der Waals surface area contributed by atoms with Gasteiger partial charge in [-0.2, -0.15) is 0 Å². The van der Waals surface area contributed by atoms with Crippen LogP contribution in [0.25, 0.3) is 0 Å². The van der Waals surface area contributed by atoms with Crippen molar-refractivity contribution in [3.63, 3.8) is 0 Å². The maximum Gasteiger partial charge on any atom is 0.241 e. The van der Waals surface area contributed by atoms with Crippen molar-refractivity contribution in [1.82, 2.24) is 9.80 Å². The SMILES string of the molecule is CCCCCCCCCCCCCc1ccc(C(=O)c2cc(CN3C(=O)CC(C4C=C(C)C5C(=O)N(c6ccc(Oc7ccc(C)cc7)cc6)C(=O)C5C4)C3=O)cc(N3C(=O)C4CC(C5CC(=O)N(C)C5=O)C=C(C)C4C3=O)c2)cc1. The molecule has 2 aliphatic carbocycles. The summed E-state index contributed by atoms with van der Waals surface area (Å²) < 4.78 is 5.98. The first-order valence-electron chi connectivity index (χ1n) is 29.4. The van der Waals surface area contributed by atoms with Crippen LogP contribution in [0.5, 0.6) is 11.5 Å². The van der Waals surface area contributed by atoms with E-state index in [0.717, 1.165) is 45.1 Å². The molecule has 6 aliphatic rings. The Hall–Kier alpha value is -7.61. The van der Waals surface area contributed by atoms with Crippen molar-refractivity contribution in [3.8, 4) is 11.5 Å². The van der Waals surface area contributed by atoms with Crippen LogP contribution in [0.4, 0.5) is 11.4 Å². The van der Waals surface area contributed by atoms with Gasteiger partial charge in [0.15, 0.2) is 5.78 Å². The molecule has 10 rings (SSSR count). The first-order chi connectivity index (χ1) is 39.0. The maximum atomic E-state index is 14.6. The predicted molar refractivity (Wildman–Crippen MR) is 306 cm³/mol. The highest BCUT2D eigenvalue weighted by atomic mass is 16.5. The zero-order valence-corrected chi connectivity index (χ0v) is 47.3. The minimum absolute atomic E-state index is 0.0191. The Bertz CT molecular complexity index is 3210. The molecular formula is C67H74N4O10. The Morgan fingerprint density at radius 1 is 0.494 bits per heavy atom. The van der Waals surface area contributed by atoms with Crippen LogP contribution >= 0.6 is 0 Å². The van der Waals surface area contributed by atoms with Crippen LogP contribution in [-0.2, 0) is 51.3 Å². The Morgan fingerprint density at radius 2 is 1.00 bits per heavy atom. The van der Waals surface area contributed by atoms with E-state index in [1.54, 1.807) is 62.4 Å². The molecule has 81 heavy (non-hydrogen) atoms. The number of allylic oxidation sites excluding steroid dienone is 2. The van der Waals surface area contributed by atoms with E-state index in [-0.39, 0.29) is 72.9 Å². The van der Waals surface area contributed by atoms with E-state index in [9.17, 15) is 43.2 Å². The first kappa shape index (κ1) is 56.7. The highest BCUT2D eigenvalue weighted by molar-refractivity contribution is 6.24. The number of carbonyl (C=O) groups is 9. The van der Waals surface area contributed by atoms with E-state index in [0.29, 0.717) is 39.5 Å². The lowest BCUT2D eigenvalue weighted by atomic mass is 9.71. The molecule has 422 valence electrons. The third-order valence-electron chi connectivity index (χ3n) is 18.0. The van der Waals surface area contributed by atoms with Gasteiger partial charge in [0, 0.05) is 31.0 Å².